The summed E-state index contributed by atoms with van der Waals surface area (Å²) in [6.07, 6.45) is 1.51. The fourth-order valence-electron chi connectivity index (χ4n) is 2.30. The monoisotopic (exact) mass is 321 g/mol. The molecule has 0 unspecified atom stereocenters. The lowest BCUT2D eigenvalue weighted by Crippen LogP contribution is -2.13. The Morgan fingerprint density at radius 1 is 1.00 bits per heavy atom. The molecule has 1 amide bonds. The van der Waals surface area contributed by atoms with Gasteiger partial charge < -0.3 is 5.32 Å². The maximum atomic E-state index is 12.3. The van der Waals surface area contributed by atoms with Crippen molar-refractivity contribution in [3.05, 3.63) is 66.0 Å². The molecule has 0 spiro atoms. The molecule has 6 nitrogen and oxygen atoms in total. The smallest absolute Gasteiger partial charge is 0.255 e. The fraction of sp³-hybridized carbons (Fsp3) is 0.222. The van der Waals surface area contributed by atoms with E-state index in [0.717, 1.165) is 11.4 Å². The van der Waals surface area contributed by atoms with Gasteiger partial charge in [0.25, 0.3) is 5.91 Å². The van der Waals surface area contributed by atoms with Gasteiger partial charge >= 0.3 is 0 Å². The van der Waals surface area contributed by atoms with Gasteiger partial charge in [0.1, 0.15) is 6.33 Å². The van der Waals surface area contributed by atoms with E-state index in [1.807, 2.05) is 24.3 Å². The number of aromatic nitrogens is 4. The Morgan fingerprint density at radius 3 is 2.21 bits per heavy atom. The van der Waals surface area contributed by atoms with E-state index in [1.54, 1.807) is 24.3 Å². The van der Waals surface area contributed by atoms with Crippen molar-refractivity contribution in [2.24, 2.45) is 0 Å². The zero-order valence-electron chi connectivity index (χ0n) is 13.9. The van der Waals surface area contributed by atoms with Gasteiger partial charge in [-0.1, -0.05) is 32.9 Å². The molecule has 2 aromatic carbocycles. The summed E-state index contributed by atoms with van der Waals surface area (Å²) < 4.78 is 1.53. The fourth-order valence-corrected chi connectivity index (χ4v) is 2.30. The Hall–Kier alpha value is -3.02. The van der Waals surface area contributed by atoms with Gasteiger partial charge in [0, 0.05) is 11.3 Å². The lowest BCUT2D eigenvalue weighted by atomic mass is 9.87. The third kappa shape index (κ3) is 3.48. The Morgan fingerprint density at radius 2 is 1.67 bits per heavy atom. The van der Waals surface area contributed by atoms with E-state index in [0.29, 0.717) is 5.56 Å². The van der Waals surface area contributed by atoms with Crippen LogP contribution in [0.3, 0.4) is 0 Å². The minimum atomic E-state index is -0.151. The van der Waals surface area contributed by atoms with E-state index in [-0.39, 0.29) is 11.3 Å². The van der Waals surface area contributed by atoms with Gasteiger partial charge in [0.2, 0.25) is 0 Å². The molecule has 122 valence electrons. The summed E-state index contributed by atoms with van der Waals surface area (Å²) in [6, 6.07) is 15.0. The molecule has 0 radical (unpaired) electrons. The van der Waals surface area contributed by atoms with Gasteiger partial charge in [0.15, 0.2) is 0 Å². The maximum absolute atomic E-state index is 12.3. The van der Waals surface area contributed by atoms with Crippen molar-refractivity contribution in [2.45, 2.75) is 26.2 Å². The first kappa shape index (κ1) is 15.9. The Kier molecular flexibility index (Phi) is 4.12. The number of carbonyl (C=O) groups excluding carboxylic acids is 1. The lowest BCUT2D eigenvalue weighted by molar-refractivity contribution is 0.102. The largest absolute Gasteiger partial charge is 0.322 e. The molecule has 0 saturated carbocycles. The van der Waals surface area contributed by atoms with Gasteiger partial charge in [-0.2, -0.15) is 0 Å². The second-order valence-electron chi connectivity index (χ2n) is 6.58. The van der Waals surface area contributed by atoms with Crippen LogP contribution >= 0.6 is 0 Å². The van der Waals surface area contributed by atoms with Gasteiger partial charge in [-0.25, -0.2) is 4.68 Å². The average Bonchev–Trinajstić information content (AvgIpc) is 3.09. The zero-order chi connectivity index (χ0) is 17.2. The molecule has 0 atom stereocenters. The molecule has 0 aliphatic carbocycles. The van der Waals surface area contributed by atoms with E-state index in [4.69, 9.17) is 0 Å². The van der Waals surface area contributed by atoms with E-state index in [9.17, 15) is 4.79 Å². The summed E-state index contributed by atoms with van der Waals surface area (Å²) in [5.74, 6) is -0.151. The average molecular weight is 321 g/mol. The highest BCUT2D eigenvalue weighted by Gasteiger charge is 2.13. The molecule has 0 bridgehead atoms. The number of anilines is 1. The Bertz CT molecular complexity index is 815. The third-order valence-electron chi connectivity index (χ3n) is 3.75. The molecule has 0 fully saturated rings. The Labute approximate surface area is 140 Å². The number of amides is 1. The normalized spacial score (nSPS) is 11.3. The van der Waals surface area contributed by atoms with Gasteiger partial charge in [-0.05, 0) is 57.8 Å². The molecule has 3 rings (SSSR count). The second-order valence-corrected chi connectivity index (χ2v) is 6.58. The van der Waals surface area contributed by atoms with Crippen LogP contribution in [-0.2, 0) is 5.41 Å². The van der Waals surface area contributed by atoms with Crippen molar-refractivity contribution < 1.29 is 4.79 Å². The van der Waals surface area contributed by atoms with Crippen molar-refractivity contribution in [2.75, 3.05) is 5.32 Å². The van der Waals surface area contributed by atoms with Gasteiger partial charge in [-0.3, -0.25) is 4.79 Å². The number of nitrogens with zero attached hydrogens (tertiary/aromatic N) is 4. The quantitative estimate of drug-likeness (QED) is 0.804. The predicted molar refractivity (Wildman–Crippen MR) is 92.2 cm³/mol. The van der Waals surface area contributed by atoms with E-state index < -0.39 is 0 Å². The number of nitrogens with one attached hydrogen (secondary N) is 1. The molecule has 1 N–H and O–H groups in total. The maximum Gasteiger partial charge on any atom is 0.255 e. The van der Waals surface area contributed by atoms with Crippen molar-refractivity contribution in [3.8, 4) is 5.69 Å². The minimum absolute atomic E-state index is 0.0918. The number of carbonyl (C=O) groups is 1. The molecule has 1 heterocycles. The number of benzene rings is 2. The van der Waals surface area contributed by atoms with Crippen LogP contribution in [0.5, 0.6) is 0 Å². The molecule has 0 aliphatic rings. The highest BCUT2D eigenvalue weighted by Crippen LogP contribution is 2.23. The highest BCUT2D eigenvalue weighted by atomic mass is 16.1. The summed E-state index contributed by atoms with van der Waals surface area (Å²) in [5, 5.41) is 13.9. The van der Waals surface area contributed by atoms with Crippen LogP contribution in [-0.4, -0.2) is 26.1 Å². The standard InChI is InChI=1S/C18H19N5O/c1-18(2,3)14-6-8-15(9-7-14)20-17(24)13-4-10-16(11-5-13)23-12-19-21-22-23/h4-12H,1-3H3,(H,20,24). The van der Waals surface area contributed by atoms with Crippen LogP contribution in [0.4, 0.5) is 5.69 Å². The zero-order valence-corrected chi connectivity index (χ0v) is 13.9. The number of tetrazole rings is 1. The lowest BCUT2D eigenvalue weighted by Gasteiger charge is -2.19. The van der Waals surface area contributed by atoms with Crippen molar-refractivity contribution in [1.82, 2.24) is 20.2 Å². The molecular formula is C18H19N5O. The molecule has 0 saturated heterocycles. The summed E-state index contributed by atoms with van der Waals surface area (Å²) in [4.78, 5) is 12.3. The van der Waals surface area contributed by atoms with E-state index in [2.05, 4.69) is 41.6 Å². The topological polar surface area (TPSA) is 72.7 Å². The summed E-state index contributed by atoms with van der Waals surface area (Å²) in [7, 11) is 0. The summed E-state index contributed by atoms with van der Waals surface area (Å²) >= 11 is 0. The first-order valence-corrected chi connectivity index (χ1v) is 7.69. The molecule has 3 aromatic rings. The van der Waals surface area contributed by atoms with Crippen molar-refractivity contribution in [1.29, 1.82) is 0 Å². The van der Waals surface area contributed by atoms with Crippen molar-refractivity contribution >= 4 is 11.6 Å². The van der Waals surface area contributed by atoms with E-state index in [1.165, 1.54) is 16.6 Å². The molecule has 1 aromatic heterocycles. The van der Waals surface area contributed by atoms with Crippen LogP contribution < -0.4 is 5.32 Å². The molecule has 6 heteroatoms. The summed E-state index contributed by atoms with van der Waals surface area (Å²) in [6.45, 7) is 6.48. The SMILES string of the molecule is CC(C)(C)c1ccc(NC(=O)c2ccc(-n3cnnn3)cc2)cc1. The van der Waals surface area contributed by atoms with Gasteiger partial charge in [0.05, 0.1) is 5.69 Å². The van der Waals surface area contributed by atoms with Crippen LogP contribution in [0, 0.1) is 0 Å². The molecular weight excluding hydrogens is 302 g/mol. The van der Waals surface area contributed by atoms with Crippen LogP contribution in [0.1, 0.15) is 36.7 Å². The van der Waals surface area contributed by atoms with Crippen LogP contribution in [0.2, 0.25) is 0 Å². The second kappa shape index (κ2) is 6.23. The van der Waals surface area contributed by atoms with Gasteiger partial charge in [-0.15, -0.1) is 5.10 Å². The van der Waals surface area contributed by atoms with Crippen molar-refractivity contribution in [3.63, 3.8) is 0 Å². The molecule has 0 aliphatic heterocycles. The molecule has 24 heavy (non-hydrogen) atoms. The predicted octanol–water partition coefficient (Wildman–Crippen LogP) is 3.21. The third-order valence-corrected chi connectivity index (χ3v) is 3.75. The first-order chi connectivity index (χ1) is 11.4. The number of hydrogen-bond acceptors (Lipinski definition) is 4. The summed E-state index contributed by atoms with van der Waals surface area (Å²) in [5.41, 5.74) is 3.47. The first-order valence-electron chi connectivity index (χ1n) is 7.69. The van der Waals surface area contributed by atoms with Crippen LogP contribution in [0.15, 0.2) is 54.9 Å². The number of rotatable bonds is 3. The Balaban J connectivity index is 1.71. The number of hydrogen-bond donors (Lipinski definition) is 1. The minimum Gasteiger partial charge on any atom is -0.322 e. The van der Waals surface area contributed by atoms with E-state index >= 15 is 0 Å². The highest BCUT2D eigenvalue weighted by molar-refractivity contribution is 6.04. The van der Waals surface area contributed by atoms with Crippen LogP contribution in [0.25, 0.3) is 5.69 Å².